The van der Waals surface area contributed by atoms with Crippen molar-refractivity contribution in [3.63, 3.8) is 0 Å². The molecule has 22 heavy (non-hydrogen) atoms. The highest BCUT2D eigenvalue weighted by Gasteiger charge is 2.26. The van der Waals surface area contributed by atoms with Crippen LogP contribution in [0.15, 0.2) is 30.9 Å². The van der Waals surface area contributed by atoms with Gasteiger partial charge in [0.05, 0.1) is 18.1 Å². The molecule has 0 aliphatic heterocycles. The van der Waals surface area contributed by atoms with Crippen LogP contribution < -0.4 is 11.1 Å². The van der Waals surface area contributed by atoms with E-state index < -0.39 is 0 Å². The maximum Gasteiger partial charge on any atom is 0.250 e. The molecular formula is C14H19ClN6O. The lowest BCUT2D eigenvalue weighted by atomic mass is 10.00. The van der Waals surface area contributed by atoms with E-state index in [1.165, 1.54) is 4.68 Å². The Morgan fingerprint density at radius 2 is 2.14 bits per heavy atom. The van der Waals surface area contributed by atoms with E-state index in [9.17, 15) is 4.79 Å². The van der Waals surface area contributed by atoms with Crippen LogP contribution in [0.25, 0.3) is 5.95 Å². The van der Waals surface area contributed by atoms with Crippen molar-refractivity contribution in [1.82, 2.24) is 19.7 Å². The summed E-state index contributed by atoms with van der Waals surface area (Å²) in [5, 5.41) is 6.98. The Balaban J connectivity index is 0.00000176. The van der Waals surface area contributed by atoms with Crippen molar-refractivity contribution in [2.45, 2.75) is 31.7 Å². The fraction of sp³-hybridized carbons (Fsp3) is 0.429. The monoisotopic (exact) mass is 322 g/mol. The zero-order valence-electron chi connectivity index (χ0n) is 12.1. The van der Waals surface area contributed by atoms with Gasteiger partial charge in [0, 0.05) is 24.9 Å². The number of anilines is 1. The Morgan fingerprint density at radius 3 is 2.82 bits per heavy atom. The lowest BCUT2D eigenvalue weighted by Gasteiger charge is -2.14. The predicted octanol–water partition coefficient (Wildman–Crippen LogP) is 1.54. The molecule has 0 radical (unpaired) electrons. The van der Waals surface area contributed by atoms with E-state index in [2.05, 4.69) is 20.4 Å². The number of hydrogen-bond donors (Lipinski definition) is 2. The number of nitrogens with zero attached hydrogens (tertiary/aromatic N) is 4. The summed E-state index contributed by atoms with van der Waals surface area (Å²) < 4.78 is 1.52. The molecule has 1 aliphatic rings. The number of aromatic nitrogens is 4. The minimum Gasteiger partial charge on any atom is -0.327 e. The first-order valence-corrected chi connectivity index (χ1v) is 7.10. The maximum absolute atomic E-state index is 12.0. The number of rotatable bonds is 4. The number of nitrogens with one attached hydrogen (secondary N) is 1. The molecule has 118 valence electrons. The summed E-state index contributed by atoms with van der Waals surface area (Å²) in [6.45, 7) is 0. The molecule has 3 N–H and O–H groups in total. The number of hydrogen-bond acceptors (Lipinski definition) is 5. The SMILES string of the molecule is Cl.N[C@@H]1CCC[C@H]1CC(=O)Nc1cnn(-c2ncccn2)c1. The fourth-order valence-corrected chi connectivity index (χ4v) is 2.68. The van der Waals surface area contributed by atoms with Crippen LogP contribution in [-0.2, 0) is 4.79 Å². The van der Waals surface area contributed by atoms with E-state index in [0.29, 0.717) is 18.1 Å². The second-order valence-corrected chi connectivity index (χ2v) is 5.33. The van der Waals surface area contributed by atoms with Crippen molar-refractivity contribution < 1.29 is 4.79 Å². The van der Waals surface area contributed by atoms with E-state index in [4.69, 9.17) is 5.73 Å². The van der Waals surface area contributed by atoms with Crippen LogP contribution in [0, 0.1) is 5.92 Å². The van der Waals surface area contributed by atoms with Gasteiger partial charge >= 0.3 is 0 Å². The average molecular weight is 323 g/mol. The second-order valence-electron chi connectivity index (χ2n) is 5.33. The second kappa shape index (κ2) is 7.33. The fourth-order valence-electron chi connectivity index (χ4n) is 2.68. The van der Waals surface area contributed by atoms with Crippen LogP contribution >= 0.6 is 12.4 Å². The van der Waals surface area contributed by atoms with Gasteiger partial charge in [-0.25, -0.2) is 14.6 Å². The van der Waals surface area contributed by atoms with E-state index in [-0.39, 0.29) is 30.3 Å². The van der Waals surface area contributed by atoms with Crippen molar-refractivity contribution in [2.75, 3.05) is 5.32 Å². The Morgan fingerprint density at radius 1 is 1.36 bits per heavy atom. The van der Waals surface area contributed by atoms with Crippen LogP contribution in [-0.4, -0.2) is 31.7 Å². The molecule has 0 aromatic carbocycles. The molecule has 8 heteroatoms. The summed E-state index contributed by atoms with van der Waals surface area (Å²) in [6.07, 6.45) is 10.2. The van der Waals surface area contributed by atoms with Crippen LogP contribution in [0.4, 0.5) is 5.69 Å². The smallest absolute Gasteiger partial charge is 0.250 e. The molecular weight excluding hydrogens is 304 g/mol. The molecule has 0 saturated heterocycles. The highest BCUT2D eigenvalue weighted by Crippen LogP contribution is 2.27. The number of carbonyl (C=O) groups is 1. The third-order valence-corrected chi connectivity index (χ3v) is 3.79. The number of nitrogens with two attached hydrogens (primary N) is 1. The van der Waals surface area contributed by atoms with E-state index >= 15 is 0 Å². The molecule has 2 aromatic rings. The van der Waals surface area contributed by atoms with Gasteiger partial charge in [-0.05, 0) is 24.8 Å². The topological polar surface area (TPSA) is 98.7 Å². The van der Waals surface area contributed by atoms with Crippen LogP contribution in [0.1, 0.15) is 25.7 Å². The summed E-state index contributed by atoms with van der Waals surface area (Å²) in [5.41, 5.74) is 6.63. The van der Waals surface area contributed by atoms with Gasteiger partial charge in [0.25, 0.3) is 0 Å². The Kier molecular flexibility index (Phi) is 5.46. The van der Waals surface area contributed by atoms with Gasteiger partial charge in [-0.3, -0.25) is 4.79 Å². The molecule has 1 aliphatic carbocycles. The molecule has 2 atom stereocenters. The highest BCUT2D eigenvalue weighted by atomic mass is 35.5. The molecule has 0 bridgehead atoms. The van der Waals surface area contributed by atoms with Gasteiger partial charge in [0.1, 0.15) is 0 Å². The van der Waals surface area contributed by atoms with E-state index in [1.807, 2.05) is 0 Å². The molecule has 3 rings (SSSR count). The molecule has 2 aromatic heterocycles. The van der Waals surface area contributed by atoms with Gasteiger partial charge in [0.15, 0.2) is 0 Å². The van der Waals surface area contributed by atoms with Crippen molar-refractivity contribution in [1.29, 1.82) is 0 Å². The van der Waals surface area contributed by atoms with Gasteiger partial charge in [0.2, 0.25) is 11.9 Å². The third kappa shape index (κ3) is 3.80. The summed E-state index contributed by atoms with van der Waals surface area (Å²) in [4.78, 5) is 20.2. The highest BCUT2D eigenvalue weighted by molar-refractivity contribution is 5.90. The number of halogens is 1. The van der Waals surface area contributed by atoms with E-state index in [0.717, 1.165) is 19.3 Å². The first-order chi connectivity index (χ1) is 10.2. The first kappa shape index (κ1) is 16.4. The molecule has 1 saturated carbocycles. The molecule has 1 fully saturated rings. The molecule has 0 spiro atoms. The number of amides is 1. The largest absolute Gasteiger partial charge is 0.327 e. The van der Waals surface area contributed by atoms with Crippen LogP contribution in [0.2, 0.25) is 0 Å². The first-order valence-electron chi connectivity index (χ1n) is 7.10. The van der Waals surface area contributed by atoms with E-state index in [1.54, 1.807) is 30.9 Å². The lowest BCUT2D eigenvalue weighted by Crippen LogP contribution is -2.28. The predicted molar refractivity (Wildman–Crippen MR) is 85.0 cm³/mol. The van der Waals surface area contributed by atoms with Gasteiger partial charge < -0.3 is 11.1 Å². The Labute approximate surface area is 134 Å². The van der Waals surface area contributed by atoms with Crippen molar-refractivity contribution >= 4 is 24.0 Å². The molecule has 7 nitrogen and oxygen atoms in total. The normalized spacial score (nSPS) is 20.4. The zero-order chi connectivity index (χ0) is 14.7. The summed E-state index contributed by atoms with van der Waals surface area (Å²) in [7, 11) is 0. The minimum atomic E-state index is -0.0223. The van der Waals surface area contributed by atoms with Gasteiger partial charge in [-0.1, -0.05) is 6.42 Å². The number of carbonyl (C=O) groups excluding carboxylic acids is 1. The van der Waals surface area contributed by atoms with Crippen molar-refractivity contribution in [3.8, 4) is 5.95 Å². The lowest BCUT2D eigenvalue weighted by molar-refractivity contribution is -0.117. The Bertz CT molecular complexity index is 617. The molecule has 2 heterocycles. The summed E-state index contributed by atoms with van der Waals surface area (Å²) in [6, 6.07) is 1.89. The standard InChI is InChI=1S/C14H18N6O.ClH/c15-12-4-1-3-10(12)7-13(21)19-11-8-18-20(9-11)14-16-5-2-6-17-14;/h2,5-6,8-10,12H,1,3-4,7,15H2,(H,19,21);1H/t10-,12+;/m0./s1. The third-order valence-electron chi connectivity index (χ3n) is 3.79. The quantitative estimate of drug-likeness (QED) is 0.889. The van der Waals surface area contributed by atoms with Crippen LogP contribution in [0.5, 0.6) is 0 Å². The maximum atomic E-state index is 12.0. The van der Waals surface area contributed by atoms with Crippen molar-refractivity contribution in [3.05, 3.63) is 30.9 Å². The zero-order valence-corrected chi connectivity index (χ0v) is 12.9. The van der Waals surface area contributed by atoms with Crippen molar-refractivity contribution in [2.24, 2.45) is 11.7 Å². The van der Waals surface area contributed by atoms with Crippen LogP contribution in [0.3, 0.4) is 0 Å². The molecule has 0 unspecified atom stereocenters. The average Bonchev–Trinajstić information content (AvgIpc) is 3.10. The van der Waals surface area contributed by atoms with Gasteiger partial charge in [-0.15, -0.1) is 12.4 Å². The summed E-state index contributed by atoms with van der Waals surface area (Å²) >= 11 is 0. The Hall–Kier alpha value is -1.99. The summed E-state index contributed by atoms with van der Waals surface area (Å²) in [5.74, 6) is 0.735. The van der Waals surface area contributed by atoms with Gasteiger partial charge in [-0.2, -0.15) is 5.10 Å². The minimum absolute atomic E-state index is 0. The molecule has 1 amide bonds.